The quantitative estimate of drug-likeness (QED) is 0.824. The fourth-order valence-electron chi connectivity index (χ4n) is 1.84. The number of halogens is 1. The summed E-state index contributed by atoms with van der Waals surface area (Å²) >= 11 is 3.27. The number of benzene rings is 1. The third-order valence-corrected chi connectivity index (χ3v) is 4.69. The van der Waals surface area contributed by atoms with E-state index in [1.54, 1.807) is 18.2 Å². The van der Waals surface area contributed by atoms with Crippen LogP contribution in [0.5, 0.6) is 0 Å². The van der Waals surface area contributed by atoms with Crippen LogP contribution >= 0.6 is 15.9 Å². The maximum absolute atomic E-state index is 11.9. The molecule has 0 bridgehead atoms. The van der Waals surface area contributed by atoms with Crippen molar-refractivity contribution in [2.45, 2.75) is 18.9 Å². The standard InChI is InChI=1S/C11H15BrN2O3S/c12-10-6-8(13)3-4-11(10)14-18(15,16)7-9-2-1-5-17-9/h3-4,6,9,14H,1-2,5,7,13H2. The summed E-state index contributed by atoms with van der Waals surface area (Å²) in [5.74, 6) is -0.0101. The Balaban J connectivity index is 2.07. The summed E-state index contributed by atoms with van der Waals surface area (Å²) in [6.45, 7) is 0.645. The molecular weight excluding hydrogens is 320 g/mol. The van der Waals surface area contributed by atoms with Crippen LogP contribution in [0.3, 0.4) is 0 Å². The summed E-state index contributed by atoms with van der Waals surface area (Å²) < 4.78 is 32.4. The first-order chi connectivity index (χ1) is 8.46. The Morgan fingerprint density at radius 3 is 2.89 bits per heavy atom. The van der Waals surface area contributed by atoms with E-state index >= 15 is 0 Å². The maximum atomic E-state index is 11.9. The van der Waals surface area contributed by atoms with Gasteiger partial charge in [-0.25, -0.2) is 8.42 Å². The Kier molecular flexibility index (Phi) is 4.14. The van der Waals surface area contributed by atoms with Gasteiger partial charge in [0.2, 0.25) is 10.0 Å². The zero-order chi connectivity index (χ0) is 13.2. The van der Waals surface area contributed by atoms with Gasteiger partial charge in [0.15, 0.2) is 0 Å². The van der Waals surface area contributed by atoms with E-state index in [-0.39, 0.29) is 11.9 Å². The highest BCUT2D eigenvalue weighted by Gasteiger charge is 2.23. The first-order valence-corrected chi connectivity index (χ1v) is 8.08. The topological polar surface area (TPSA) is 81.4 Å². The van der Waals surface area contributed by atoms with E-state index in [1.165, 1.54) is 0 Å². The van der Waals surface area contributed by atoms with Crippen LogP contribution in [0.2, 0.25) is 0 Å². The van der Waals surface area contributed by atoms with E-state index in [4.69, 9.17) is 10.5 Å². The number of hydrogen-bond acceptors (Lipinski definition) is 4. The first-order valence-electron chi connectivity index (χ1n) is 5.63. The molecule has 0 aromatic heterocycles. The van der Waals surface area contributed by atoms with Gasteiger partial charge in [0.05, 0.1) is 17.5 Å². The minimum Gasteiger partial charge on any atom is -0.399 e. The SMILES string of the molecule is Nc1ccc(NS(=O)(=O)CC2CCCO2)c(Br)c1. The predicted octanol–water partition coefficient (Wildman–Crippen LogP) is 1.95. The number of rotatable bonds is 4. The molecule has 1 aromatic rings. The van der Waals surface area contributed by atoms with Gasteiger partial charge in [-0.3, -0.25) is 4.72 Å². The van der Waals surface area contributed by atoms with Crippen molar-refractivity contribution in [1.82, 2.24) is 0 Å². The molecule has 1 heterocycles. The van der Waals surface area contributed by atoms with E-state index in [0.717, 1.165) is 12.8 Å². The Labute approximate surface area is 115 Å². The average molecular weight is 335 g/mol. The predicted molar refractivity (Wildman–Crippen MR) is 74.9 cm³/mol. The highest BCUT2D eigenvalue weighted by molar-refractivity contribution is 9.10. The van der Waals surface area contributed by atoms with Crippen LogP contribution in [0.25, 0.3) is 0 Å². The fraction of sp³-hybridized carbons (Fsp3) is 0.455. The van der Waals surface area contributed by atoms with Gasteiger partial charge >= 0.3 is 0 Å². The second kappa shape index (κ2) is 5.46. The molecule has 18 heavy (non-hydrogen) atoms. The molecule has 1 atom stereocenters. The molecule has 7 heteroatoms. The van der Waals surface area contributed by atoms with Crippen LogP contribution in [0.4, 0.5) is 11.4 Å². The monoisotopic (exact) mass is 334 g/mol. The third-order valence-electron chi connectivity index (χ3n) is 2.69. The minimum absolute atomic E-state index is 0.0101. The molecule has 1 unspecified atom stereocenters. The lowest BCUT2D eigenvalue weighted by atomic mass is 10.3. The summed E-state index contributed by atoms with van der Waals surface area (Å²) in [5, 5.41) is 0. The molecule has 1 fully saturated rings. The number of nitrogens with two attached hydrogens (primary N) is 1. The van der Waals surface area contributed by atoms with E-state index in [9.17, 15) is 8.42 Å². The molecule has 100 valence electrons. The third kappa shape index (κ3) is 3.60. The summed E-state index contributed by atoms with van der Waals surface area (Å²) in [4.78, 5) is 0. The highest BCUT2D eigenvalue weighted by atomic mass is 79.9. The summed E-state index contributed by atoms with van der Waals surface area (Å²) in [7, 11) is -3.40. The Morgan fingerprint density at radius 2 is 2.28 bits per heavy atom. The lowest BCUT2D eigenvalue weighted by Crippen LogP contribution is -2.25. The lowest BCUT2D eigenvalue weighted by Gasteiger charge is -2.13. The van der Waals surface area contributed by atoms with Crippen molar-refractivity contribution in [2.24, 2.45) is 0 Å². The minimum atomic E-state index is -3.40. The van der Waals surface area contributed by atoms with Crippen molar-refractivity contribution >= 4 is 37.3 Å². The lowest BCUT2D eigenvalue weighted by molar-refractivity contribution is 0.127. The van der Waals surface area contributed by atoms with E-state index in [0.29, 0.717) is 22.5 Å². The Bertz CT molecular complexity index is 527. The second-order valence-corrected chi connectivity index (χ2v) is 6.88. The largest absolute Gasteiger partial charge is 0.399 e. The second-order valence-electron chi connectivity index (χ2n) is 4.26. The van der Waals surface area contributed by atoms with Crippen molar-refractivity contribution in [1.29, 1.82) is 0 Å². The molecule has 0 spiro atoms. The van der Waals surface area contributed by atoms with Crippen LogP contribution in [0.1, 0.15) is 12.8 Å². The molecule has 0 aliphatic carbocycles. The van der Waals surface area contributed by atoms with E-state index < -0.39 is 10.0 Å². The Morgan fingerprint density at radius 1 is 1.50 bits per heavy atom. The van der Waals surface area contributed by atoms with Gasteiger partial charge in [-0.1, -0.05) is 0 Å². The highest BCUT2D eigenvalue weighted by Crippen LogP contribution is 2.26. The van der Waals surface area contributed by atoms with Gasteiger partial charge in [-0.05, 0) is 47.0 Å². The summed E-state index contributed by atoms with van der Waals surface area (Å²) in [5.41, 5.74) is 6.66. The van der Waals surface area contributed by atoms with Crippen LogP contribution in [-0.4, -0.2) is 26.9 Å². The zero-order valence-corrected chi connectivity index (χ0v) is 12.1. The van der Waals surface area contributed by atoms with Gasteiger partial charge in [0, 0.05) is 16.8 Å². The molecule has 0 radical (unpaired) electrons. The molecule has 0 amide bonds. The van der Waals surface area contributed by atoms with Gasteiger partial charge < -0.3 is 10.5 Å². The molecule has 1 aliphatic rings. The van der Waals surface area contributed by atoms with Crippen LogP contribution in [0, 0.1) is 0 Å². The molecule has 1 aromatic carbocycles. The average Bonchev–Trinajstić information content (AvgIpc) is 2.74. The smallest absolute Gasteiger partial charge is 0.235 e. The normalized spacial score (nSPS) is 19.9. The molecular formula is C11H15BrN2O3S. The fourth-order valence-corrected chi connectivity index (χ4v) is 3.82. The van der Waals surface area contributed by atoms with E-state index in [1.807, 2.05) is 0 Å². The number of hydrogen-bond donors (Lipinski definition) is 2. The number of nitrogen functional groups attached to an aromatic ring is 1. The summed E-state index contributed by atoms with van der Waals surface area (Å²) in [6.07, 6.45) is 1.52. The molecule has 3 N–H and O–H groups in total. The number of anilines is 2. The van der Waals surface area contributed by atoms with Crippen LogP contribution in [-0.2, 0) is 14.8 Å². The molecule has 2 rings (SSSR count). The molecule has 5 nitrogen and oxygen atoms in total. The van der Waals surface area contributed by atoms with Crippen LogP contribution < -0.4 is 10.5 Å². The van der Waals surface area contributed by atoms with Gasteiger partial charge in [-0.15, -0.1) is 0 Å². The van der Waals surface area contributed by atoms with Crippen molar-refractivity contribution < 1.29 is 13.2 Å². The first kappa shape index (κ1) is 13.6. The van der Waals surface area contributed by atoms with E-state index in [2.05, 4.69) is 20.7 Å². The van der Waals surface area contributed by atoms with Crippen LogP contribution in [0.15, 0.2) is 22.7 Å². The van der Waals surface area contributed by atoms with Gasteiger partial charge in [0.25, 0.3) is 0 Å². The van der Waals surface area contributed by atoms with Gasteiger partial charge in [-0.2, -0.15) is 0 Å². The van der Waals surface area contributed by atoms with Crippen molar-refractivity contribution in [2.75, 3.05) is 22.8 Å². The zero-order valence-electron chi connectivity index (χ0n) is 9.73. The molecule has 0 saturated carbocycles. The van der Waals surface area contributed by atoms with Crippen molar-refractivity contribution in [3.63, 3.8) is 0 Å². The number of ether oxygens (including phenoxy) is 1. The Hall–Kier alpha value is -0.790. The number of sulfonamides is 1. The summed E-state index contributed by atoms with van der Waals surface area (Å²) in [6, 6.07) is 4.94. The van der Waals surface area contributed by atoms with Crippen molar-refractivity contribution in [3.05, 3.63) is 22.7 Å². The maximum Gasteiger partial charge on any atom is 0.235 e. The number of nitrogens with one attached hydrogen (secondary N) is 1. The van der Waals surface area contributed by atoms with Gasteiger partial charge in [0.1, 0.15) is 0 Å². The van der Waals surface area contributed by atoms with Crippen molar-refractivity contribution in [3.8, 4) is 0 Å². The molecule has 1 aliphatic heterocycles. The molecule has 1 saturated heterocycles.